The molecule has 0 aliphatic rings. The van der Waals surface area contributed by atoms with Crippen LogP contribution >= 0.6 is 0 Å². The van der Waals surface area contributed by atoms with E-state index in [4.69, 9.17) is 4.42 Å². The van der Waals surface area contributed by atoms with Crippen LogP contribution < -0.4 is 5.32 Å². The van der Waals surface area contributed by atoms with E-state index in [0.717, 1.165) is 0 Å². The Morgan fingerprint density at radius 3 is 2.61 bits per heavy atom. The number of aromatic nitrogens is 4. The zero-order valence-electron chi connectivity index (χ0n) is 10.5. The molecule has 2 rings (SSSR count). The molecule has 0 aromatic carbocycles. The van der Waals surface area contributed by atoms with Crippen LogP contribution in [-0.4, -0.2) is 26.1 Å². The van der Waals surface area contributed by atoms with Crippen LogP contribution in [0, 0.1) is 0 Å². The number of rotatable bonds is 4. The van der Waals surface area contributed by atoms with Crippen LogP contribution in [0.5, 0.6) is 0 Å². The first kappa shape index (κ1) is 12.3. The second-order valence-electron chi connectivity index (χ2n) is 4.29. The Hall–Kier alpha value is -2.18. The van der Waals surface area contributed by atoms with Crippen molar-refractivity contribution in [2.24, 2.45) is 0 Å². The predicted octanol–water partition coefficient (Wildman–Crippen LogP) is 1.41. The standard InChI is InChI=1S/C11H15N5O2/c1-6(2)10-15-16-11(18-10)7(3)14-9(17)8-4-12-5-13-8/h4-7H,1-3H3,(H,12,13)(H,14,17). The molecule has 2 N–H and O–H groups in total. The SMILES string of the molecule is CC(C)c1nnc(C(C)NC(=O)c2cnc[nH]2)o1. The summed E-state index contributed by atoms with van der Waals surface area (Å²) in [5.74, 6) is 0.866. The van der Waals surface area contributed by atoms with Crippen molar-refractivity contribution in [3.05, 3.63) is 30.0 Å². The Kier molecular flexibility index (Phi) is 3.40. The molecule has 18 heavy (non-hydrogen) atoms. The number of H-pyrrole nitrogens is 1. The smallest absolute Gasteiger partial charge is 0.269 e. The van der Waals surface area contributed by atoms with Gasteiger partial charge in [0.15, 0.2) is 0 Å². The molecule has 0 bridgehead atoms. The summed E-state index contributed by atoms with van der Waals surface area (Å²) < 4.78 is 5.46. The molecule has 1 unspecified atom stereocenters. The number of hydrogen-bond donors (Lipinski definition) is 2. The summed E-state index contributed by atoms with van der Waals surface area (Å²) in [4.78, 5) is 18.3. The Morgan fingerprint density at radius 1 is 1.33 bits per heavy atom. The molecule has 2 heterocycles. The highest BCUT2D eigenvalue weighted by Crippen LogP contribution is 2.16. The zero-order valence-corrected chi connectivity index (χ0v) is 10.5. The quantitative estimate of drug-likeness (QED) is 0.853. The molecule has 0 saturated heterocycles. The van der Waals surface area contributed by atoms with Crippen molar-refractivity contribution in [1.82, 2.24) is 25.5 Å². The highest BCUT2D eigenvalue weighted by Gasteiger charge is 2.18. The Bertz CT molecular complexity index is 517. The number of imidazole rings is 1. The van der Waals surface area contributed by atoms with E-state index in [2.05, 4.69) is 25.5 Å². The van der Waals surface area contributed by atoms with Gasteiger partial charge in [0.25, 0.3) is 5.91 Å². The summed E-state index contributed by atoms with van der Waals surface area (Å²) in [7, 11) is 0. The normalized spacial score (nSPS) is 12.7. The van der Waals surface area contributed by atoms with Crippen LogP contribution in [0.25, 0.3) is 0 Å². The molecule has 0 fully saturated rings. The Balaban J connectivity index is 2.03. The Morgan fingerprint density at radius 2 is 2.06 bits per heavy atom. The molecule has 0 saturated carbocycles. The van der Waals surface area contributed by atoms with Gasteiger partial charge in [0, 0.05) is 5.92 Å². The molecule has 7 heteroatoms. The summed E-state index contributed by atoms with van der Waals surface area (Å²) >= 11 is 0. The minimum atomic E-state index is -0.346. The molecule has 2 aromatic rings. The minimum Gasteiger partial charge on any atom is -0.423 e. The van der Waals surface area contributed by atoms with Crippen molar-refractivity contribution >= 4 is 5.91 Å². The maximum atomic E-state index is 11.8. The summed E-state index contributed by atoms with van der Waals surface area (Å²) in [6.07, 6.45) is 2.90. The molecule has 0 radical (unpaired) electrons. The van der Waals surface area contributed by atoms with Crippen LogP contribution in [0.1, 0.15) is 55.0 Å². The topological polar surface area (TPSA) is 96.7 Å². The first-order chi connectivity index (χ1) is 8.58. The molecular formula is C11H15N5O2. The van der Waals surface area contributed by atoms with E-state index in [1.807, 2.05) is 13.8 Å². The van der Waals surface area contributed by atoms with Crippen molar-refractivity contribution in [2.75, 3.05) is 0 Å². The van der Waals surface area contributed by atoms with Gasteiger partial charge < -0.3 is 14.7 Å². The summed E-state index contributed by atoms with van der Waals surface area (Å²) in [6, 6.07) is -0.346. The number of nitrogens with one attached hydrogen (secondary N) is 2. The van der Waals surface area contributed by atoms with Crippen molar-refractivity contribution < 1.29 is 9.21 Å². The van der Waals surface area contributed by atoms with Crippen molar-refractivity contribution in [3.63, 3.8) is 0 Å². The van der Waals surface area contributed by atoms with Crippen molar-refractivity contribution in [1.29, 1.82) is 0 Å². The fourth-order valence-electron chi connectivity index (χ4n) is 1.37. The largest absolute Gasteiger partial charge is 0.423 e. The predicted molar refractivity (Wildman–Crippen MR) is 62.9 cm³/mol. The molecular weight excluding hydrogens is 234 g/mol. The fraction of sp³-hybridized carbons (Fsp3) is 0.455. The first-order valence-electron chi connectivity index (χ1n) is 5.70. The number of amides is 1. The monoisotopic (exact) mass is 249 g/mol. The molecule has 0 aliphatic carbocycles. The Labute approximate surface area is 104 Å². The molecule has 0 spiro atoms. The van der Waals surface area contributed by atoms with Crippen LogP contribution in [0.3, 0.4) is 0 Å². The van der Waals surface area contributed by atoms with Gasteiger partial charge in [-0.3, -0.25) is 4.79 Å². The van der Waals surface area contributed by atoms with Crippen LogP contribution in [0.2, 0.25) is 0 Å². The first-order valence-corrected chi connectivity index (χ1v) is 5.70. The zero-order chi connectivity index (χ0) is 13.1. The summed E-state index contributed by atoms with van der Waals surface area (Å²) in [5.41, 5.74) is 0.394. The molecule has 2 aromatic heterocycles. The lowest BCUT2D eigenvalue weighted by Gasteiger charge is -2.08. The molecule has 7 nitrogen and oxygen atoms in total. The summed E-state index contributed by atoms with van der Waals surface area (Å²) in [5, 5.41) is 10.6. The lowest BCUT2D eigenvalue weighted by Crippen LogP contribution is -2.27. The van der Waals surface area contributed by atoms with Gasteiger partial charge in [0.1, 0.15) is 11.7 Å². The van der Waals surface area contributed by atoms with E-state index < -0.39 is 0 Å². The third-order valence-electron chi connectivity index (χ3n) is 2.41. The minimum absolute atomic E-state index is 0.168. The average molecular weight is 249 g/mol. The molecule has 0 aliphatic heterocycles. The maximum Gasteiger partial charge on any atom is 0.269 e. The van der Waals surface area contributed by atoms with Crippen LogP contribution in [0.15, 0.2) is 16.9 Å². The van der Waals surface area contributed by atoms with Gasteiger partial charge in [-0.05, 0) is 6.92 Å². The van der Waals surface area contributed by atoms with Gasteiger partial charge in [-0.25, -0.2) is 4.98 Å². The highest BCUT2D eigenvalue weighted by atomic mass is 16.4. The number of hydrogen-bond acceptors (Lipinski definition) is 5. The average Bonchev–Trinajstić information content (AvgIpc) is 3.00. The van der Waals surface area contributed by atoms with Gasteiger partial charge in [0.05, 0.1) is 12.5 Å². The van der Waals surface area contributed by atoms with E-state index >= 15 is 0 Å². The van der Waals surface area contributed by atoms with E-state index in [9.17, 15) is 4.79 Å². The van der Waals surface area contributed by atoms with Gasteiger partial charge in [0.2, 0.25) is 11.8 Å². The van der Waals surface area contributed by atoms with Gasteiger partial charge in [-0.2, -0.15) is 0 Å². The lowest BCUT2D eigenvalue weighted by atomic mass is 10.2. The van der Waals surface area contributed by atoms with Crippen molar-refractivity contribution in [2.45, 2.75) is 32.7 Å². The third kappa shape index (κ3) is 2.55. The van der Waals surface area contributed by atoms with E-state index in [-0.39, 0.29) is 17.9 Å². The second kappa shape index (κ2) is 4.99. The fourth-order valence-corrected chi connectivity index (χ4v) is 1.37. The second-order valence-corrected chi connectivity index (χ2v) is 4.29. The van der Waals surface area contributed by atoms with Crippen LogP contribution in [0.4, 0.5) is 0 Å². The number of carbonyl (C=O) groups is 1. The van der Waals surface area contributed by atoms with E-state index in [1.165, 1.54) is 12.5 Å². The molecule has 1 atom stereocenters. The van der Waals surface area contributed by atoms with Gasteiger partial charge in [-0.1, -0.05) is 13.8 Å². The number of nitrogens with zero attached hydrogens (tertiary/aromatic N) is 3. The number of carbonyl (C=O) groups excluding carboxylic acids is 1. The maximum absolute atomic E-state index is 11.8. The summed E-state index contributed by atoms with van der Waals surface area (Å²) in [6.45, 7) is 5.71. The van der Waals surface area contributed by atoms with Gasteiger partial charge in [-0.15, -0.1) is 10.2 Å². The molecule has 96 valence electrons. The van der Waals surface area contributed by atoms with E-state index in [0.29, 0.717) is 17.5 Å². The third-order valence-corrected chi connectivity index (χ3v) is 2.41. The highest BCUT2D eigenvalue weighted by molar-refractivity contribution is 5.92. The van der Waals surface area contributed by atoms with Crippen molar-refractivity contribution in [3.8, 4) is 0 Å². The van der Waals surface area contributed by atoms with E-state index in [1.54, 1.807) is 6.92 Å². The lowest BCUT2D eigenvalue weighted by molar-refractivity contribution is 0.0929. The number of aromatic amines is 1. The van der Waals surface area contributed by atoms with Gasteiger partial charge >= 0.3 is 0 Å². The van der Waals surface area contributed by atoms with Crippen LogP contribution in [-0.2, 0) is 0 Å². The molecule has 1 amide bonds.